The average Bonchev–Trinajstić information content (AvgIpc) is 3.23. The fraction of sp³-hybridized carbons (Fsp3) is 0.190. The molecule has 0 aliphatic carbocycles. The molecule has 0 saturated carbocycles. The molecule has 29 heavy (non-hydrogen) atoms. The van der Waals surface area contributed by atoms with E-state index >= 15 is 0 Å². The zero-order valence-corrected chi connectivity index (χ0v) is 15.5. The highest BCUT2D eigenvalue weighted by Crippen LogP contribution is 2.30. The van der Waals surface area contributed by atoms with E-state index in [1.54, 1.807) is 4.52 Å². The number of rotatable bonds is 5. The lowest BCUT2D eigenvalue weighted by atomic mass is 10.1. The van der Waals surface area contributed by atoms with Gasteiger partial charge in [-0.15, -0.1) is 0 Å². The fourth-order valence-electron chi connectivity index (χ4n) is 3.46. The van der Waals surface area contributed by atoms with Crippen molar-refractivity contribution < 1.29 is 13.9 Å². The van der Waals surface area contributed by atoms with Gasteiger partial charge in [-0.25, -0.2) is 9.37 Å². The second-order valence-corrected chi connectivity index (χ2v) is 6.71. The van der Waals surface area contributed by atoms with Crippen LogP contribution in [0.1, 0.15) is 11.1 Å². The molecule has 0 bridgehead atoms. The molecule has 0 radical (unpaired) electrons. The maximum Gasteiger partial charge on any atom is 0.254 e. The molecular weight excluding hydrogens is 373 g/mol. The molecule has 8 heteroatoms. The Bertz CT molecular complexity index is 1160. The van der Waals surface area contributed by atoms with Crippen molar-refractivity contribution >= 4 is 11.6 Å². The van der Waals surface area contributed by atoms with E-state index < -0.39 is 0 Å². The second-order valence-electron chi connectivity index (χ2n) is 6.71. The molecule has 2 aromatic carbocycles. The molecule has 2 aromatic heterocycles. The molecular formula is C21H18FN5O2. The number of aromatic nitrogens is 4. The van der Waals surface area contributed by atoms with E-state index in [9.17, 15) is 4.39 Å². The first-order valence-corrected chi connectivity index (χ1v) is 9.30. The van der Waals surface area contributed by atoms with Crippen molar-refractivity contribution in [3.63, 3.8) is 0 Å². The van der Waals surface area contributed by atoms with Gasteiger partial charge in [0.25, 0.3) is 5.78 Å². The van der Waals surface area contributed by atoms with Crippen LogP contribution >= 0.6 is 0 Å². The fourth-order valence-corrected chi connectivity index (χ4v) is 3.46. The molecule has 0 saturated heterocycles. The van der Waals surface area contributed by atoms with Crippen LogP contribution in [0.25, 0.3) is 17.0 Å². The lowest BCUT2D eigenvalue weighted by molar-refractivity contribution is -0.0172. The van der Waals surface area contributed by atoms with Crippen LogP contribution in [0.15, 0.2) is 54.9 Å². The molecule has 0 spiro atoms. The third-order valence-corrected chi connectivity index (χ3v) is 4.77. The summed E-state index contributed by atoms with van der Waals surface area (Å²) < 4.78 is 26.4. The summed E-state index contributed by atoms with van der Waals surface area (Å²) in [4.78, 5) is 8.79. The average molecular weight is 391 g/mol. The maximum atomic E-state index is 14.0. The SMILES string of the molecule is Fc1cc(CCNc2cc(-c3ccccc3)nc3ncnn23)c2c(c1)COCO2. The van der Waals surface area contributed by atoms with E-state index in [4.69, 9.17) is 9.47 Å². The second kappa shape index (κ2) is 7.48. The van der Waals surface area contributed by atoms with Gasteiger partial charge in [0.1, 0.15) is 23.7 Å². The van der Waals surface area contributed by atoms with Gasteiger partial charge >= 0.3 is 0 Å². The summed E-state index contributed by atoms with van der Waals surface area (Å²) in [5.41, 5.74) is 3.34. The normalized spacial score (nSPS) is 13.1. The van der Waals surface area contributed by atoms with Gasteiger partial charge in [-0.05, 0) is 24.1 Å². The van der Waals surface area contributed by atoms with Crippen molar-refractivity contribution in [3.05, 3.63) is 71.8 Å². The van der Waals surface area contributed by atoms with Crippen molar-refractivity contribution in [1.29, 1.82) is 0 Å². The van der Waals surface area contributed by atoms with Crippen molar-refractivity contribution in [1.82, 2.24) is 19.6 Å². The van der Waals surface area contributed by atoms with E-state index in [-0.39, 0.29) is 12.6 Å². The van der Waals surface area contributed by atoms with Gasteiger partial charge < -0.3 is 14.8 Å². The first-order chi connectivity index (χ1) is 14.3. The van der Waals surface area contributed by atoms with Gasteiger partial charge in [0.05, 0.1) is 12.3 Å². The first kappa shape index (κ1) is 17.6. The number of benzene rings is 2. The van der Waals surface area contributed by atoms with Gasteiger partial charge in [-0.2, -0.15) is 14.6 Å². The largest absolute Gasteiger partial charge is 0.467 e. The van der Waals surface area contributed by atoms with Crippen LogP contribution in [-0.4, -0.2) is 32.9 Å². The minimum Gasteiger partial charge on any atom is -0.467 e. The van der Waals surface area contributed by atoms with Gasteiger partial charge in [0, 0.05) is 23.7 Å². The molecule has 3 heterocycles. The molecule has 1 aliphatic rings. The molecule has 1 N–H and O–H groups in total. The predicted molar refractivity (Wildman–Crippen MR) is 105 cm³/mol. The monoisotopic (exact) mass is 391 g/mol. The standard InChI is InChI=1S/C21H18FN5O2/c22-17-8-15(20-16(9-17)11-28-13-29-20)6-7-23-19-10-18(14-4-2-1-3-5-14)26-21-24-12-25-27(19)21/h1-5,8-10,12,23H,6-7,11,13H2. The summed E-state index contributed by atoms with van der Waals surface area (Å²) in [5, 5.41) is 7.61. The van der Waals surface area contributed by atoms with Crippen LogP contribution in [0.2, 0.25) is 0 Å². The number of nitrogens with zero attached hydrogens (tertiary/aromatic N) is 4. The van der Waals surface area contributed by atoms with E-state index in [0.29, 0.717) is 31.1 Å². The number of anilines is 1. The molecule has 5 rings (SSSR count). The highest BCUT2D eigenvalue weighted by Gasteiger charge is 2.17. The maximum absolute atomic E-state index is 14.0. The molecule has 146 valence electrons. The number of nitrogens with one attached hydrogen (secondary N) is 1. The number of ether oxygens (including phenoxy) is 2. The molecule has 0 fully saturated rings. The molecule has 0 atom stereocenters. The lowest BCUT2D eigenvalue weighted by Crippen LogP contribution is -2.16. The Kier molecular flexibility index (Phi) is 4.53. The Morgan fingerprint density at radius 2 is 2.03 bits per heavy atom. The Labute approximate surface area is 166 Å². The zero-order chi connectivity index (χ0) is 19.6. The summed E-state index contributed by atoms with van der Waals surface area (Å²) in [6.45, 7) is 1.11. The summed E-state index contributed by atoms with van der Waals surface area (Å²) >= 11 is 0. The van der Waals surface area contributed by atoms with Crippen molar-refractivity contribution in [3.8, 4) is 17.0 Å². The van der Waals surface area contributed by atoms with E-state index in [2.05, 4.69) is 20.4 Å². The van der Waals surface area contributed by atoms with Gasteiger partial charge in [0.2, 0.25) is 0 Å². The van der Waals surface area contributed by atoms with Gasteiger partial charge in [-0.1, -0.05) is 30.3 Å². The van der Waals surface area contributed by atoms with Crippen molar-refractivity contribution in [2.24, 2.45) is 0 Å². The Morgan fingerprint density at radius 3 is 2.93 bits per heavy atom. The highest BCUT2D eigenvalue weighted by molar-refractivity contribution is 5.65. The van der Waals surface area contributed by atoms with Crippen LogP contribution in [0.5, 0.6) is 5.75 Å². The Hall–Kier alpha value is -3.52. The first-order valence-electron chi connectivity index (χ1n) is 9.30. The van der Waals surface area contributed by atoms with Crippen LogP contribution in [0.4, 0.5) is 10.2 Å². The number of fused-ring (bicyclic) bond motifs is 2. The molecule has 0 unspecified atom stereocenters. The predicted octanol–water partition coefficient (Wildman–Crippen LogP) is 3.45. The van der Waals surface area contributed by atoms with E-state index in [1.807, 2.05) is 36.4 Å². The van der Waals surface area contributed by atoms with Crippen molar-refractivity contribution in [2.75, 3.05) is 18.7 Å². The summed E-state index contributed by atoms with van der Waals surface area (Å²) in [6.07, 6.45) is 2.05. The van der Waals surface area contributed by atoms with E-state index in [0.717, 1.165) is 28.2 Å². The molecule has 0 amide bonds. The van der Waals surface area contributed by atoms with Crippen LogP contribution < -0.4 is 10.1 Å². The summed E-state index contributed by atoms with van der Waals surface area (Å²) in [5.74, 6) is 1.70. The smallest absolute Gasteiger partial charge is 0.254 e. The topological polar surface area (TPSA) is 73.6 Å². The molecule has 4 aromatic rings. The third-order valence-electron chi connectivity index (χ3n) is 4.77. The van der Waals surface area contributed by atoms with Gasteiger partial charge in [0.15, 0.2) is 6.79 Å². The minimum atomic E-state index is -0.290. The highest BCUT2D eigenvalue weighted by atomic mass is 19.1. The third kappa shape index (κ3) is 3.50. The number of hydrogen-bond acceptors (Lipinski definition) is 6. The minimum absolute atomic E-state index is 0.184. The van der Waals surface area contributed by atoms with E-state index in [1.165, 1.54) is 18.5 Å². The summed E-state index contributed by atoms with van der Waals surface area (Å²) in [6, 6.07) is 14.8. The molecule has 7 nitrogen and oxygen atoms in total. The Balaban J connectivity index is 1.40. The van der Waals surface area contributed by atoms with Crippen molar-refractivity contribution in [2.45, 2.75) is 13.0 Å². The zero-order valence-electron chi connectivity index (χ0n) is 15.5. The Morgan fingerprint density at radius 1 is 1.14 bits per heavy atom. The summed E-state index contributed by atoms with van der Waals surface area (Å²) in [7, 11) is 0. The molecule has 1 aliphatic heterocycles. The lowest BCUT2D eigenvalue weighted by Gasteiger charge is -2.21. The quantitative estimate of drug-likeness (QED) is 0.562. The van der Waals surface area contributed by atoms with Crippen LogP contribution in [0.3, 0.4) is 0 Å². The van der Waals surface area contributed by atoms with Crippen LogP contribution in [-0.2, 0) is 17.8 Å². The van der Waals surface area contributed by atoms with Gasteiger partial charge in [-0.3, -0.25) is 0 Å². The van der Waals surface area contributed by atoms with Crippen LogP contribution in [0, 0.1) is 5.82 Å². The number of halogens is 1. The number of hydrogen-bond donors (Lipinski definition) is 1.